The summed E-state index contributed by atoms with van der Waals surface area (Å²) in [7, 11) is 0. The molecule has 0 aliphatic carbocycles. The molecule has 0 aromatic heterocycles. The highest BCUT2D eigenvalue weighted by molar-refractivity contribution is 5.42. The molecule has 2 rings (SSSR count). The molecule has 0 aliphatic heterocycles. The van der Waals surface area contributed by atoms with E-state index in [1.54, 1.807) is 0 Å². The Morgan fingerprint density at radius 2 is 1.63 bits per heavy atom. The zero-order valence-electron chi connectivity index (χ0n) is 12.1. The summed E-state index contributed by atoms with van der Waals surface area (Å²) in [6, 6.07) is 15.0. The van der Waals surface area contributed by atoms with E-state index in [4.69, 9.17) is 5.73 Å². The van der Waals surface area contributed by atoms with Gasteiger partial charge in [-0.1, -0.05) is 55.8 Å². The Morgan fingerprint density at radius 3 is 2.26 bits per heavy atom. The van der Waals surface area contributed by atoms with Crippen LogP contribution in [0.2, 0.25) is 0 Å². The molecule has 2 aromatic carbocycles. The Hall–Kier alpha value is -1.60. The Balaban J connectivity index is 2.38. The van der Waals surface area contributed by atoms with Crippen LogP contribution in [0.1, 0.15) is 47.2 Å². The van der Waals surface area contributed by atoms with E-state index in [1.165, 1.54) is 34.2 Å². The predicted octanol–water partition coefficient (Wildman–Crippen LogP) is 4.30. The lowest BCUT2D eigenvalue weighted by atomic mass is 9.91. The SMILES string of the molecule is CCCc1cccc(C(N)c2c(C)cccc2C)c1. The largest absolute Gasteiger partial charge is 0.320 e. The zero-order valence-corrected chi connectivity index (χ0v) is 12.1. The second-order valence-corrected chi connectivity index (χ2v) is 5.28. The molecule has 2 N–H and O–H groups in total. The first-order chi connectivity index (χ1) is 9.13. The molecular weight excluding hydrogens is 230 g/mol. The smallest absolute Gasteiger partial charge is 0.0556 e. The van der Waals surface area contributed by atoms with E-state index in [9.17, 15) is 0 Å². The van der Waals surface area contributed by atoms with E-state index >= 15 is 0 Å². The lowest BCUT2D eigenvalue weighted by Gasteiger charge is -2.18. The third kappa shape index (κ3) is 3.05. The Bertz CT molecular complexity index is 537. The van der Waals surface area contributed by atoms with Gasteiger partial charge in [-0.25, -0.2) is 0 Å². The number of aryl methyl sites for hydroxylation is 3. The highest BCUT2D eigenvalue weighted by Crippen LogP contribution is 2.26. The van der Waals surface area contributed by atoms with Gasteiger partial charge in [0, 0.05) is 0 Å². The van der Waals surface area contributed by atoms with Crippen LogP contribution in [0, 0.1) is 13.8 Å². The first-order valence-electron chi connectivity index (χ1n) is 7.04. The quantitative estimate of drug-likeness (QED) is 0.863. The topological polar surface area (TPSA) is 26.0 Å². The van der Waals surface area contributed by atoms with E-state index in [1.807, 2.05) is 0 Å². The van der Waals surface area contributed by atoms with Crippen molar-refractivity contribution in [3.8, 4) is 0 Å². The van der Waals surface area contributed by atoms with Gasteiger partial charge in [-0.05, 0) is 48.1 Å². The third-order valence-corrected chi connectivity index (χ3v) is 3.70. The van der Waals surface area contributed by atoms with Gasteiger partial charge in [0.25, 0.3) is 0 Å². The number of rotatable bonds is 4. The van der Waals surface area contributed by atoms with Crippen LogP contribution in [-0.4, -0.2) is 0 Å². The molecule has 1 atom stereocenters. The van der Waals surface area contributed by atoms with Crippen molar-refractivity contribution in [1.82, 2.24) is 0 Å². The standard InChI is InChI=1S/C18H23N/c1-4-7-15-10-6-11-16(12-15)18(19)17-13(2)8-5-9-14(17)3/h5-6,8-12,18H,4,7,19H2,1-3H3. The maximum atomic E-state index is 6.48. The molecule has 1 heteroatoms. The third-order valence-electron chi connectivity index (χ3n) is 3.70. The molecule has 100 valence electrons. The van der Waals surface area contributed by atoms with Crippen molar-refractivity contribution >= 4 is 0 Å². The van der Waals surface area contributed by atoms with Crippen LogP contribution in [0.4, 0.5) is 0 Å². The van der Waals surface area contributed by atoms with Crippen molar-refractivity contribution in [2.75, 3.05) is 0 Å². The van der Waals surface area contributed by atoms with E-state index in [2.05, 4.69) is 63.2 Å². The van der Waals surface area contributed by atoms with Gasteiger partial charge in [0.15, 0.2) is 0 Å². The molecular formula is C18H23N. The minimum atomic E-state index is -0.0296. The highest BCUT2D eigenvalue weighted by atomic mass is 14.6. The number of nitrogens with two attached hydrogens (primary N) is 1. The Labute approximate surface area is 116 Å². The maximum Gasteiger partial charge on any atom is 0.0556 e. The zero-order chi connectivity index (χ0) is 13.8. The van der Waals surface area contributed by atoms with E-state index < -0.39 is 0 Å². The summed E-state index contributed by atoms with van der Waals surface area (Å²) in [6.45, 7) is 6.48. The summed E-state index contributed by atoms with van der Waals surface area (Å²) in [5.41, 5.74) is 12.9. The molecule has 0 bridgehead atoms. The van der Waals surface area contributed by atoms with Gasteiger partial charge in [0.1, 0.15) is 0 Å². The van der Waals surface area contributed by atoms with Crippen molar-refractivity contribution in [1.29, 1.82) is 0 Å². The molecule has 0 fully saturated rings. The van der Waals surface area contributed by atoms with Gasteiger partial charge in [-0.3, -0.25) is 0 Å². The summed E-state index contributed by atoms with van der Waals surface area (Å²) in [4.78, 5) is 0. The van der Waals surface area contributed by atoms with Crippen LogP contribution in [0.3, 0.4) is 0 Å². The second kappa shape index (κ2) is 6.03. The first kappa shape index (κ1) is 13.8. The molecule has 0 amide bonds. The van der Waals surface area contributed by atoms with Crippen LogP contribution in [0.5, 0.6) is 0 Å². The fourth-order valence-corrected chi connectivity index (χ4v) is 2.72. The molecule has 0 aliphatic rings. The maximum absolute atomic E-state index is 6.48. The molecule has 0 radical (unpaired) electrons. The molecule has 0 saturated carbocycles. The normalized spacial score (nSPS) is 12.4. The number of hydrogen-bond donors (Lipinski definition) is 1. The molecule has 2 aromatic rings. The second-order valence-electron chi connectivity index (χ2n) is 5.28. The van der Waals surface area contributed by atoms with Crippen molar-refractivity contribution in [2.45, 2.75) is 39.7 Å². The fourth-order valence-electron chi connectivity index (χ4n) is 2.72. The van der Waals surface area contributed by atoms with Crippen molar-refractivity contribution in [3.63, 3.8) is 0 Å². The van der Waals surface area contributed by atoms with E-state index in [0.717, 1.165) is 6.42 Å². The van der Waals surface area contributed by atoms with Crippen LogP contribution < -0.4 is 5.73 Å². The predicted molar refractivity (Wildman–Crippen MR) is 82.4 cm³/mol. The minimum Gasteiger partial charge on any atom is -0.320 e. The number of hydrogen-bond acceptors (Lipinski definition) is 1. The van der Waals surface area contributed by atoms with Gasteiger partial charge in [0.05, 0.1) is 6.04 Å². The average Bonchev–Trinajstić information content (AvgIpc) is 2.39. The van der Waals surface area contributed by atoms with Gasteiger partial charge in [0.2, 0.25) is 0 Å². The van der Waals surface area contributed by atoms with Gasteiger partial charge < -0.3 is 5.73 Å². The Morgan fingerprint density at radius 1 is 1.00 bits per heavy atom. The van der Waals surface area contributed by atoms with Crippen molar-refractivity contribution in [2.24, 2.45) is 5.73 Å². The van der Waals surface area contributed by atoms with Gasteiger partial charge in [-0.15, -0.1) is 0 Å². The van der Waals surface area contributed by atoms with Gasteiger partial charge in [-0.2, -0.15) is 0 Å². The summed E-state index contributed by atoms with van der Waals surface area (Å²) >= 11 is 0. The Kier molecular flexibility index (Phi) is 4.39. The minimum absolute atomic E-state index is 0.0296. The van der Waals surface area contributed by atoms with E-state index in [0.29, 0.717) is 0 Å². The molecule has 1 unspecified atom stereocenters. The van der Waals surface area contributed by atoms with Crippen LogP contribution in [0.25, 0.3) is 0 Å². The number of benzene rings is 2. The summed E-state index contributed by atoms with van der Waals surface area (Å²) in [5.74, 6) is 0. The molecule has 19 heavy (non-hydrogen) atoms. The van der Waals surface area contributed by atoms with E-state index in [-0.39, 0.29) is 6.04 Å². The van der Waals surface area contributed by atoms with Crippen LogP contribution >= 0.6 is 0 Å². The van der Waals surface area contributed by atoms with Gasteiger partial charge >= 0.3 is 0 Å². The first-order valence-corrected chi connectivity index (χ1v) is 7.04. The highest BCUT2D eigenvalue weighted by Gasteiger charge is 2.13. The monoisotopic (exact) mass is 253 g/mol. The lowest BCUT2D eigenvalue weighted by Crippen LogP contribution is -2.15. The van der Waals surface area contributed by atoms with Crippen molar-refractivity contribution < 1.29 is 0 Å². The molecule has 0 heterocycles. The molecule has 0 saturated heterocycles. The van der Waals surface area contributed by atoms with Crippen LogP contribution in [-0.2, 0) is 6.42 Å². The fraction of sp³-hybridized carbons (Fsp3) is 0.333. The van der Waals surface area contributed by atoms with Crippen molar-refractivity contribution in [3.05, 3.63) is 70.3 Å². The molecule has 0 spiro atoms. The molecule has 1 nitrogen and oxygen atoms in total. The summed E-state index contributed by atoms with van der Waals surface area (Å²) in [6.07, 6.45) is 2.29. The lowest BCUT2D eigenvalue weighted by molar-refractivity contribution is 0.842. The van der Waals surface area contributed by atoms with Crippen LogP contribution in [0.15, 0.2) is 42.5 Å². The average molecular weight is 253 g/mol. The summed E-state index contributed by atoms with van der Waals surface area (Å²) in [5, 5.41) is 0. The summed E-state index contributed by atoms with van der Waals surface area (Å²) < 4.78 is 0.